The summed E-state index contributed by atoms with van der Waals surface area (Å²) in [6, 6.07) is 6.94. The van der Waals surface area contributed by atoms with Crippen LogP contribution in [0.15, 0.2) is 18.2 Å². The quantitative estimate of drug-likeness (QED) is 0.912. The van der Waals surface area contributed by atoms with Crippen molar-refractivity contribution in [1.29, 1.82) is 0 Å². The Bertz CT molecular complexity index is 592. The fourth-order valence-corrected chi connectivity index (χ4v) is 3.48. The molecule has 0 bridgehead atoms. The Hall–Kier alpha value is -1.35. The van der Waals surface area contributed by atoms with E-state index in [9.17, 15) is 0 Å². The largest absolute Gasteiger partial charge is 0.326 e. The van der Waals surface area contributed by atoms with E-state index in [1.165, 1.54) is 49.0 Å². The van der Waals surface area contributed by atoms with Crippen LogP contribution in [0.5, 0.6) is 0 Å². The summed E-state index contributed by atoms with van der Waals surface area (Å²) in [5.41, 5.74) is 9.30. The molecule has 1 aromatic heterocycles. The fourth-order valence-electron chi connectivity index (χ4n) is 3.48. The zero-order valence-electron chi connectivity index (χ0n) is 12.6. The highest BCUT2D eigenvalue weighted by Gasteiger charge is 2.23. The molecule has 0 aliphatic heterocycles. The number of nitrogens with zero attached hydrogens (tertiary/aromatic N) is 2. The van der Waals surface area contributed by atoms with Gasteiger partial charge in [-0.05, 0) is 44.4 Å². The molecule has 1 heterocycles. The van der Waals surface area contributed by atoms with Crippen molar-refractivity contribution in [2.45, 2.75) is 64.5 Å². The van der Waals surface area contributed by atoms with Crippen LogP contribution in [0.1, 0.15) is 69.3 Å². The van der Waals surface area contributed by atoms with E-state index < -0.39 is 0 Å². The summed E-state index contributed by atoms with van der Waals surface area (Å²) in [4.78, 5) is 4.97. The van der Waals surface area contributed by atoms with Crippen molar-refractivity contribution >= 4 is 11.0 Å². The van der Waals surface area contributed by atoms with Gasteiger partial charge in [-0.2, -0.15) is 0 Å². The fraction of sp³-hybridized carbons (Fsp3) is 0.588. The van der Waals surface area contributed by atoms with Gasteiger partial charge in [-0.15, -0.1) is 0 Å². The SMILES string of the molecule is CC(C)n1c(C2CCCCC2)nc2cc(CN)ccc21. The smallest absolute Gasteiger partial charge is 0.113 e. The second-order valence-corrected chi connectivity index (χ2v) is 6.30. The van der Waals surface area contributed by atoms with Crippen molar-refractivity contribution in [3.63, 3.8) is 0 Å². The van der Waals surface area contributed by atoms with Crippen molar-refractivity contribution in [3.8, 4) is 0 Å². The van der Waals surface area contributed by atoms with Crippen molar-refractivity contribution < 1.29 is 0 Å². The highest BCUT2D eigenvalue weighted by molar-refractivity contribution is 5.77. The normalized spacial score (nSPS) is 17.2. The van der Waals surface area contributed by atoms with E-state index in [0.29, 0.717) is 18.5 Å². The standard InChI is InChI=1S/C17H25N3/c1-12(2)20-16-9-8-13(11-18)10-15(16)19-17(20)14-6-4-3-5-7-14/h8-10,12,14H,3-7,11,18H2,1-2H3. The predicted octanol–water partition coefficient (Wildman–Crippen LogP) is 4.12. The Morgan fingerprint density at radius 2 is 2.00 bits per heavy atom. The predicted molar refractivity (Wildman–Crippen MR) is 83.8 cm³/mol. The van der Waals surface area contributed by atoms with E-state index in [-0.39, 0.29) is 0 Å². The Kier molecular flexibility index (Phi) is 3.79. The number of aromatic nitrogens is 2. The maximum atomic E-state index is 5.75. The van der Waals surface area contributed by atoms with Crippen molar-refractivity contribution in [2.24, 2.45) is 5.73 Å². The van der Waals surface area contributed by atoms with Crippen LogP contribution in [0.2, 0.25) is 0 Å². The van der Waals surface area contributed by atoms with E-state index >= 15 is 0 Å². The van der Waals surface area contributed by atoms with Gasteiger partial charge >= 0.3 is 0 Å². The molecule has 0 unspecified atom stereocenters. The number of rotatable bonds is 3. The van der Waals surface area contributed by atoms with Gasteiger partial charge in [0.1, 0.15) is 5.82 Å². The van der Waals surface area contributed by atoms with Gasteiger partial charge in [-0.25, -0.2) is 4.98 Å². The topological polar surface area (TPSA) is 43.8 Å². The third-order valence-electron chi connectivity index (χ3n) is 4.50. The van der Waals surface area contributed by atoms with Crippen LogP contribution in [0, 0.1) is 0 Å². The molecule has 1 saturated carbocycles. The Morgan fingerprint density at radius 3 is 2.65 bits per heavy atom. The summed E-state index contributed by atoms with van der Waals surface area (Å²) in [5, 5.41) is 0. The highest BCUT2D eigenvalue weighted by Crippen LogP contribution is 2.35. The molecule has 1 aliphatic rings. The van der Waals surface area contributed by atoms with Gasteiger partial charge in [-0.1, -0.05) is 25.3 Å². The highest BCUT2D eigenvalue weighted by atomic mass is 15.1. The van der Waals surface area contributed by atoms with Crippen LogP contribution >= 0.6 is 0 Å². The summed E-state index contributed by atoms with van der Waals surface area (Å²) in [6.45, 7) is 5.10. The van der Waals surface area contributed by atoms with Crippen molar-refractivity contribution in [2.75, 3.05) is 0 Å². The molecule has 0 saturated heterocycles. The maximum absolute atomic E-state index is 5.75. The van der Waals surface area contributed by atoms with Crippen molar-refractivity contribution in [1.82, 2.24) is 9.55 Å². The van der Waals surface area contributed by atoms with Gasteiger partial charge in [-0.3, -0.25) is 0 Å². The number of hydrogen-bond donors (Lipinski definition) is 1. The minimum absolute atomic E-state index is 0.459. The van der Waals surface area contributed by atoms with Gasteiger partial charge in [0.15, 0.2) is 0 Å². The maximum Gasteiger partial charge on any atom is 0.113 e. The molecule has 3 heteroatoms. The van der Waals surface area contributed by atoms with Gasteiger partial charge in [0.05, 0.1) is 11.0 Å². The molecule has 3 nitrogen and oxygen atoms in total. The third kappa shape index (κ3) is 2.35. The average molecular weight is 271 g/mol. The Morgan fingerprint density at radius 1 is 1.25 bits per heavy atom. The van der Waals surface area contributed by atoms with E-state index in [0.717, 1.165) is 5.52 Å². The van der Waals surface area contributed by atoms with E-state index in [1.807, 2.05) is 0 Å². The number of nitrogens with two attached hydrogens (primary N) is 1. The van der Waals surface area contributed by atoms with Gasteiger partial charge in [0, 0.05) is 18.5 Å². The first-order chi connectivity index (χ1) is 9.70. The molecule has 0 amide bonds. The summed E-state index contributed by atoms with van der Waals surface area (Å²) in [6.07, 6.45) is 6.66. The third-order valence-corrected chi connectivity index (χ3v) is 4.50. The number of benzene rings is 1. The second kappa shape index (κ2) is 5.57. The monoisotopic (exact) mass is 271 g/mol. The van der Waals surface area contributed by atoms with Gasteiger partial charge in [0.2, 0.25) is 0 Å². The minimum atomic E-state index is 0.459. The molecule has 1 aromatic carbocycles. The van der Waals surface area contributed by atoms with Crippen LogP contribution in [-0.2, 0) is 6.54 Å². The lowest BCUT2D eigenvalue weighted by molar-refractivity contribution is 0.409. The molecule has 2 N–H and O–H groups in total. The van der Waals surface area contributed by atoms with Crippen LogP contribution in [0.25, 0.3) is 11.0 Å². The molecular formula is C17H25N3. The molecule has 1 fully saturated rings. The number of hydrogen-bond acceptors (Lipinski definition) is 2. The summed E-state index contributed by atoms with van der Waals surface area (Å²) >= 11 is 0. The molecule has 0 spiro atoms. The first-order valence-corrected chi connectivity index (χ1v) is 7.91. The van der Waals surface area contributed by atoms with Crippen molar-refractivity contribution in [3.05, 3.63) is 29.6 Å². The first-order valence-electron chi connectivity index (χ1n) is 7.91. The molecule has 0 radical (unpaired) electrons. The summed E-state index contributed by atoms with van der Waals surface area (Å²) in [5.74, 6) is 1.93. The lowest BCUT2D eigenvalue weighted by atomic mass is 9.88. The number of imidazole rings is 1. The summed E-state index contributed by atoms with van der Waals surface area (Å²) in [7, 11) is 0. The molecule has 108 valence electrons. The summed E-state index contributed by atoms with van der Waals surface area (Å²) < 4.78 is 2.44. The Labute approximate surface area is 121 Å². The van der Waals surface area contributed by atoms with Crippen LogP contribution in [-0.4, -0.2) is 9.55 Å². The Balaban J connectivity index is 2.11. The van der Waals surface area contributed by atoms with Crippen LogP contribution in [0.4, 0.5) is 0 Å². The minimum Gasteiger partial charge on any atom is -0.326 e. The molecule has 3 rings (SSSR count). The van der Waals surface area contributed by atoms with E-state index in [2.05, 4.69) is 36.6 Å². The molecular weight excluding hydrogens is 246 g/mol. The van der Waals surface area contributed by atoms with E-state index in [1.54, 1.807) is 0 Å². The molecule has 1 aliphatic carbocycles. The van der Waals surface area contributed by atoms with Crippen LogP contribution in [0.3, 0.4) is 0 Å². The average Bonchev–Trinajstić information content (AvgIpc) is 2.86. The van der Waals surface area contributed by atoms with Gasteiger partial charge in [0.25, 0.3) is 0 Å². The van der Waals surface area contributed by atoms with E-state index in [4.69, 9.17) is 10.7 Å². The second-order valence-electron chi connectivity index (χ2n) is 6.30. The number of fused-ring (bicyclic) bond motifs is 1. The zero-order chi connectivity index (χ0) is 14.1. The zero-order valence-corrected chi connectivity index (χ0v) is 12.6. The van der Waals surface area contributed by atoms with Gasteiger partial charge < -0.3 is 10.3 Å². The lowest BCUT2D eigenvalue weighted by Gasteiger charge is -2.23. The molecule has 0 atom stereocenters. The molecule has 2 aromatic rings. The molecule has 20 heavy (non-hydrogen) atoms. The first kappa shape index (κ1) is 13.6. The lowest BCUT2D eigenvalue weighted by Crippen LogP contribution is -2.13. The van der Waals surface area contributed by atoms with Crippen LogP contribution < -0.4 is 5.73 Å².